The number of halogens is 1. The molecule has 1 saturated heterocycles. The van der Waals surface area contributed by atoms with E-state index in [2.05, 4.69) is 15.3 Å². The van der Waals surface area contributed by atoms with Gasteiger partial charge in [-0.15, -0.1) is 0 Å². The van der Waals surface area contributed by atoms with Crippen LogP contribution in [0.4, 0.5) is 5.82 Å². The first-order chi connectivity index (χ1) is 8.69. The standard InChI is InChI=1S/C11H15ClN4O2/c1-2-8-11(18)13-3-4-16(8)10-7(5-17)9(12)14-6-15-10/h6,8,17H,2-5H2,1H3,(H,13,18). The summed E-state index contributed by atoms with van der Waals surface area (Å²) in [7, 11) is 0. The van der Waals surface area contributed by atoms with Crippen molar-refractivity contribution in [1.29, 1.82) is 0 Å². The molecule has 0 aromatic carbocycles. The maximum atomic E-state index is 11.8. The first kappa shape index (κ1) is 13.0. The molecule has 1 unspecified atom stereocenters. The van der Waals surface area contributed by atoms with Gasteiger partial charge in [0.1, 0.15) is 23.3 Å². The SMILES string of the molecule is CCC1C(=O)NCCN1c1ncnc(Cl)c1CO. The van der Waals surface area contributed by atoms with Gasteiger partial charge in [-0.3, -0.25) is 4.79 Å². The van der Waals surface area contributed by atoms with Crippen molar-refractivity contribution in [2.75, 3.05) is 18.0 Å². The molecule has 1 aliphatic rings. The number of anilines is 1. The molecule has 2 N–H and O–H groups in total. The summed E-state index contributed by atoms with van der Waals surface area (Å²) >= 11 is 5.94. The number of aromatic nitrogens is 2. The number of hydrogen-bond donors (Lipinski definition) is 2. The van der Waals surface area contributed by atoms with Gasteiger partial charge in [-0.25, -0.2) is 9.97 Å². The summed E-state index contributed by atoms with van der Waals surface area (Å²) < 4.78 is 0. The number of nitrogens with one attached hydrogen (secondary N) is 1. The van der Waals surface area contributed by atoms with Crippen molar-refractivity contribution < 1.29 is 9.90 Å². The molecular weight excluding hydrogens is 256 g/mol. The van der Waals surface area contributed by atoms with Crippen LogP contribution >= 0.6 is 11.6 Å². The fourth-order valence-corrected chi connectivity index (χ4v) is 2.33. The molecule has 1 fully saturated rings. The minimum atomic E-state index is -0.282. The molecule has 2 heterocycles. The largest absolute Gasteiger partial charge is 0.391 e. The third-order valence-corrected chi connectivity index (χ3v) is 3.34. The Bertz CT molecular complexity index is 455. The molecule has 0 spiro atoms. The van der Waals surface area contributed by atoms with Gasteiger partial charge < -0.3 is 15.3 Å². The Balaban J connectivity index is 2.40. The molecule has 18 heavy (non-hydrogen) atoms. The van der Waals surface area contributed by atoms with Crippen molar-refractivity contribution in [3.8, 4) is 0 Å². The topological polar surface area (TPSA) is 78.4 Å². The van der Waals surface area contributed by atoms with E-state index < -0.39 is 0 Å². The number of nitrogens with zero attached hydrogens (tertiary/aromatic N) is 3. The summed E-state index contributed by atoms with van der Waals surface area (Å²) in [5, 5.41) is 12.4. The molecule has 0 saturated carbocycles. The maximum Gasteiger partial charge on any atom is 0.242 e. The van der Waals surface area contributed by atoms with Crippen LogP contribution in [-0.4, -0.2) is 40.1 Å². The van der Waals surface area contributed by atoms with Gasteiger partial charge in [0, 0.05) is 13.1 Å². The van der Waals surface area contributed by atoms with E-state index >= 15 is 0 Å². The van der Waals surface area contributed by atoms with Gasteiger partial charge >= 0.3 is 0 Å². The summed E-state index contributed by atoms with van der Waals surface area (Å²) in [4.78, 5) is 21.7. The Kier molecular flexibility index (Phi) is 3.98. The lowest BCUT2D eigenvalue weighted by molar-refractivity contribution is -0.123. The van der Waals surface area contributed by atoms with Gasteiger partial charge in [-0.1, -0.05) is 18.5 Å². The quantitative estimate of drug-likeness (QED) is 0.775. The second-order valence-electron chi connectivity index (χ2n) is 4.03. The van der Waals surface area contributed by atoms with Crippen LogP contribution in [0.3, 0.4) is 0 Å². The normalized spacial score (nSPS) is 19.8. The Labute approximate surface area is 110 Å². The zero-order valence-electron chi connectivity index (χ0n) is 10.1. The van der Waals surface area contributed by atoms with E-state index in [9.17, 15) is 9.90 Å². The van der Waals surface area contributed by atoms with Gasteiger partial charge in [0.05, 0.1) is 12.2 Å². The van der Waals surface area contributed by atoms with E-state index in [1.54, 1.807) is 0 Å². The highest BCUT2D eigenvalue weighted by Gasteiger charge is 2.30. The second kappa shape index (κ2) is 5.49. The average Bonchev–Trinajstić information content (AvgIpc) is 2.38. The lowest BCUT2D eigenvalue weighted by Crippen LogP contribution is -2.55. The maximum absolute atomic E-state index is 11.8. The van der Waals surface area contributed by atoms with E-state index in [0.717, 1.165) is 0 Å². The van der Waals surface area contributed by atoms with E-state index in [1.165, 1.54) is 6.33 Å². The molecule has 1 atom stereocenters. The van der Waals surface area contributed by atoms with Crippen LogP contribution in [0.5, 0.6) is 0 Å². The van der Waals surface area contributed by atoms with Crippen LogP contribution in [0.1, 0.15) is 18.9 Å². The Morgan fingerprint density at radius 3 is 3.06 bits per heavy atom. The van der Waals surface area contributed by atoms with Gasteiger partial charge in [0.2, 0.25) is 5.91 Å². The van der Waals surface area contributed by atoms with E-state index in [0.29, 0.717) is 30.9 Å². The fourth-order valence-electron chi connectivity index (χ4n) is 2.14. The van der Waals surface area contributed by atoms with Crippen LogP contribution in [-0.2, 0) is 11.4 Å². The zero-order chi connectivity index (χ0) is 13.1. The number of amides is 1. The van der Waals surface area contributed by atoms with Crippen LogP contribution in [0, 0.1) is 0 Å². The number of aliphatic hydroxyl groups is 1. The molecule has 0 aliphatic carbocycles. The molecule has 1 aromatic heterocycles. The Hall–Kier alpha value is -1.40. The van der Waals surface area contributed by atoms with E-state index in [1.807, 2.05) is 11.8 Å². The fraction of sp³-hybridized carbons (Fsp3) is 0.545. The predicted molar refractivity (Wildman–Crippen MR) is 67.4 cm³/mol. The number of piperazine rings is 1. The van der Waals surface area contributed by atoms with Crippen molar-refractivity contribution >= 4 is 23.3 Å². The predicted octanol–water partition coefficient (Wildman–Crippen LogP) is 0.337. The summed E-state index contributed by atoms with van der Waals surface area (Å²) in [5.41, 5.74) is 0.465. The molecule has 1 aromatic rings. The molecule has 98 valence electrons. The average molecular weight is 271 g/mol. The molecule has 1 aliphatic heterocycles. The van der Waals surface area contributed by atoms with Crippen molar-refractivity contribution in [2.24, 2.45) is 0 Å². The highest BCUT2D eigenvalue weighted by Crippen LogP contribution is 2.26. The molecule has 1 amide bonds. The van der Waals surface area contributed by atoms with Crippen molar-refractivity contribution in [2.45, 2.75) is 26.0 Å². The summed E-state index contributed by atoms with van der Waals surface area (Å²) in [6.45, 7) is 2.89. The van der Waals surface area contributed by atoms with Crippen LogP contribution < -0.4 is 10.2 Å². The number of aliphatic hydroxyl groups excluding tert-OH is 1. The van der Waals surface area contributed by atoms with Crippen LogP contribution in [0.25, 0.3) is 0 Å². The van der Waals surface area contributed by atoms with E-state index in [-0.39, 0.29) is 23.7 Å². The molecule has 0 radical (unpaired) electrons. The summed E-state index contributed by atoms with van der Waals surface area (Å²) in [6.07, 6.45) is 2.01. The monoisotopic (exact) mass is 270 g/mol. The third kappa shape index (κ3) is 2.26. The number of carbonyl (C=O) groups is 1. The van der Waals surface area contributed by atoms with Gasteiger partial charge in [0.15, 0.2) is 0 Å². The van der Waals surface area contributed by atoms with Gasteiger partial charge in [0.25, 0.3) is 0 Å². The van der Waals surface area contributed by atoms with Gasteiger partial charge in [-0.2, -0.15) is 0 Å². The molecule has 2 rings (SSSR count). The first-order valence-electron chi connectivity index (χ1n) is 5.83. The highest BCUT2D eigenvalue weighted by molar-refractivity contribution is 6.30. The zero-order valence-corrected chi connectivity index (χ0v) is 10.8. The lowest BCUT2D eigenvalue weighted by Gasteiger charge is -2.36. The highest BCUT2D eigenvalue weighted by atomic mass is 35.5. The molecular formula is C11H15ClN4O2. The molecule has 7 heteroatoms. The van der Waals surface area contributed by atoms with Gasteiger partial charge in [-0.05, 0) is 6.42 Å². The summed E-state index contributed by atoms with van der Waals surface area (Å²) in [6, 6.07) is -0.282. The summed E-state index contributed by atoms with van der Waals surface area (Å²) in [5.74, 6) is 0.515. The lowest BCUT2D eigenvalue weighted by atomic mass is 10.1. The number of rotatable bonds is 3. The minimum Gasteiger partial charge on any atom is -0.391 e. The smallest absolute Gasteiger partial charge is 0.242 e. The first-order valence-corrected chi connectivity index (χ1v) is 6.21. The third-order valence-electron chi connectivity index (χ3n) is 3.02. The number of carbonyl (C=O) groups excluding carboxylic acids is 1. The van der Waals surface area contributed by atoms with Crippen LogP contribution in [0.15, 0.2) is 6.33 Å². The van der Waals surface area contributed by atoms with Crippen LogP contribution in [0.2, 0.25) is 5.15 Å². The van der Waals surface area contributed by atoms with Crippen molar-refractivity contribution in [3.05, 3.63) is 17.0 Å². The number of hydrogen-bond acceptors (Lipinski definition) is 5. The second-order valence-corrected chi connectivity index (χ2v) is 4.39. The van der Waals surface area contributed by atoms with E-state index in [4.69, 9.17) is 11.6 Å². The Morgan fingerprint density at radius 1 is 1.61 bits per heavy atom. The van der Waals surface area contributed by atoms with Crippen molar-refractivity contribution in [3.63, 3.8) is 0 Å². The molecule has 6 nitrogen and oxygen atoms in total. The van der Waals surface area contributed by atoms with Crippen molar-refractivity contribution in [1.82, 2.24) is 15.3 Å². The minimum absolute atomic E-state index is 0.0256. The molecule has 0 bridgehead atoms. The Morgan fingerprint density at radius 2 is 2.39 bits per heavy atom.